The van der Waals surface area contributed by atoms with Crippen LogP contribution in [0.15, 0.2) is 18.2 Å². The summed E-state index contributed by atoms with van der Waals surface area (Å²) in [4.78, 5) is 0. The summed E-state index contributed by atoms with van der Waals surface area (Å²) < 4.78 is 28.1. The fourth-order valence-electron chi connectivity index (χ4n) is 2.10. The van der Waals surface area contributed by atoms with E-state index in [0.29, 0.717) is 13.0 Å². The molecule has 0 heterocycles. The maximum Gasteiger partial charge on any atom is 0.147 e. The Morgan fingerprint density at radius 3 is 2.67 bits per heavy atom. The van der Waals surface area contributed by atoms with Gasteiger partial charge < -0.3 is 10.1 Å². The zero-order valence-electron chi connectivity index (χ0n) is 13.5. The number of hydrogen-bond donors (Lipinski definition) is 1. The van der Waals surface area contributed by atoms with Crippen LogP contribution in [0.3, 0.4) is 0 Å². The molecule has 0 aliphatic carbocycles. The van der Waals surface area contributed by atoms with Crippen LogP contribution in [0.25, 0.3) is 0 Å². The van der Waals surface area contributed by atoms with Gasteiger partial charge in [-0.2, -0.15) is 0 Å². The SMILES string of the molecule is CCCNC(C)c1ccc(C)cc1OCCCS(C)(=O)=O. The van der Waals surface area contributed by atoms with E-state index in [1.807, 2.05) is 13.0 Å². The third kappa shape index (κ3) is 6.96. The lowest BCUT2D eigenvalue weighted by Gasteiger charge is -2.18. The van der Waals surface area contributed by atoms with Crippen LogP contribution < -0.4 is 10.1 Å². The molecule has 0 amide bonds. The summed E-state index contributed by atoms with van der Waals surface area (Å²) in [5, 5.41) is 3.45. The quantitative estimate of drug-likeness (QED) is 0.712. The normalized spacial score (nSPS) is 13.1. The Bertz CT molecular complexity index is 540. The average molecular weight is 313 g/mol. The topological polar surface area (TPSA) is 55.4 Å². The fraction of sp³-hybridized carbons (Fsp3) is 0.625. The van der Waals surface area contributed by atoms with E-state index < -0.39 is 9.84 Å². The van der Waals surface area contributed by atoms with Gasteiger partial charge in [-0.3, -0.25) is 0 Å². The molecule has 21 heavy (non-hydrogen) atoms. The van der Waals surface area contributed by atoms with Gasteiger partial charge in [0.05, 0.1) is 12.4 Å². The molecule has 0 radical (unpaired) electrons. The van der Waals surface area contributed by atoms with Gasteiger partial charge in [-0.1, -0.05) is 19.1 Å². The second kappa shape index (κ2) is 8.39. The molecule has 0 aliphatic rings. The number of sulfone groups is 1. The van der Waals surface area contributed by atoms with Crippen LogP contribution in [0.2, 0.25) is 0 Å². The summed E-state index contributed by atoms with van der Waals surface area (Å²) in [7, 11) is -2.92. The van der Waals surface area contributed by atoms with E-state index in [4.69, 9.17) is 4.74 Å². The summed E-state index contributed by atoms with van der Waals surface area (Å²) in [5.74, 6) is 1.01. The van der Waals surface area contributed by atoms with Crippen molar-refractivity contribution in [2.24, 2.45) is 0 Å². The number of rotatable bonds is 9. The van der Waals surface area contributed by atoms with Crippen molar-refractivity contribution in [1.82, 2.24) is 5.32 Å². The highest BCUT2D eigenvalue weighted by Crippen LogP contribution is 2.26. The van der Waals surface area contributed by atoms with Gasteiger partial charge in [-0.25, -0.2) is 8.42 Å². The first-order valence-electron chi connectivity index (χ1n) is 7.48. The average Bonchev–Trinajstić information content (AvgIpc) is 2.40. The molecule has 120 valence electrons. The molecule has 5 heteroatoms. The van der Waals surface area contributed by atoms with Crippen LogP contribution >= 0.6 is 0 Å². The lowest BCUT2D eigenvalue weighted by Crippen LogP contribution is -2.20. The Balaban J connectivity index is 2.68. The van der Waals surface area contributed by atoms with Crippen molar-refractivity contribution in [2.75, 3.05) is 25.2 Å². The summed E-state index contributed by atoms with van der Waals surface area (Å²) in [6.45, 7) is 7.66. The molecule has 1 aromatic rings. The Morgan fingerprint density at radius 1 is 1.33 bits per heavy atom. The molecule has 0 spiro atoms. The Labute approximate surface area is 128 Å². The van der Waals surface area contributed by atoms with Gasteiger partial charge in [0.15, 0.2) is 0 Å². The largest absolute Gasteiger partial charge is 0.493 e. The smallest absolute Gasteiger partial charge is 0.147 e. The fourth-order valence-corrected chi connectivity index (χ4v) is 2.74. The van der Waals surface area contributed by atoms with E-state index in [2.05, 4.69) is 31.3 Å². The maximum atomic E-state index is 11.1. The van der Waals surface area contributed by atoms with E-state index in [1.165, 1.54) is 6.26 Å². The number of hydrogen-bond acceptors (Lipinski definition) is 4. The van der Waals surface area contributed by atoms with Crippen molar-refractivity contribution in [2.45, 2.75) is 39.7 Å². The highest BCUT2D eigenvalue weighted by atomic mass is 32.2. The molecular formula is C16H27NO3S. The minimum absolute atomic E-state index is 0.164. The lowest BCUT2D eigenvalue weighted by atomic mass is 10.0. The first kappa shape index (κ1) is 18.0. The molecule has 4 nitrogen and oxygen atoms in total. The van der Waals surface area contributed by atoms with Crippen molar-refractivity contribution < 1.29 is 13.2 Å². The maximum absolute atomic E-state index is 11.1. The Kier molecular flexibility index (Phi) is 7.18. The van der Waals surface area contributed by atoms with E-state index in [9.17, 15) is 8.42 Å². The van der Waals surface area contributed by atoms with E-state index in [-0.39, 0.29) is 11.8 Å². The molecule has 1 N–H and O–H groups in total. The van der Waals surface area contributed by atoms with Crippen molar-refractivity contribution in [3.05, 3.63) is 29.3 Å². The van der Waals surface area contributed by atoms with Crippen molar-refractivity contribution >= 4 is 9.84 Å². The molecule has 0 aliphatic heterocycles. The third-order valence-electron chi connectivity index (χ3n) is 3.25. The van der Waals surface area contributed by atoms with Crippen molar-refractivity contribution in [3.8, 4) is 5.75 Å². The van der Waals surface area contributed by atoms with Crippen LogP contribution in [0, 0.1) is 6.92 Å². The molecule has 1 aromatic carbocycles. The molecule has 0 bridgehead atoms. The second-order valence-corrected chi connectivity index (χ2v) is 7.81. The highest BCUT2D eigenvalue weighted by molar-refractivity contribution is 7.90. The van der Waals surface area contributed by atoms with Gasteiger partial charge in [-0.05, 0) is 44.9 Å². The van der Waals surface area contributed by atoms with Gasteiger partial charge in [0, 0.05) is 17.9 Å². The number of aryl methyl sites for hydroxylation is 1. The molecule has 1 rings (SSSR count). The first-order chi connectivity index (χ1) is 9.83. The van der Waals surface area contributed by atoms with Gasteiger partial charge >= 0.3 is 0 Å². The lowest BCUT2D eigenvalue weighted by molar-refractivity contribution is 0.311. The standard InChI is InChI=1S/C16H27NO3S/c1-5-9-17-14(3)15-8-7-13(2)12-16(15)20-10-6-11-21(4,18)19/h7-8,12,14,17H,5-6,9-11H2,1-4H3. The van der Waals surface area contributed by atoms with Gasteiger partial charge in [0.2, 0.25) is 0 Å². The molecule has 0 aromatic heterocycles. The zero-order chi connectivity index (χ0) is 15.9. The van der Waals surface area contributed by atoms with Crippen LogP contribution in [0.4, 0.5) is 0 Å². The second-order valence-electron chi connectivity index (χ2n) is 5.55. The number of nitrogens with one attached hydrogen (secondary N) is 1. The van der Waals surface area contributed by atoms with Crippen LogP contribution in [-0.2, 0) is 9.84 Å². The van der Waals surface area contributed by atoms with Crippen LogP contribution in [0.1, 0.15) is 43.9 Å². The zero-order valence-corrected chi connectivity index (χ0v) is 14.3. The Hall–Kier alpha value is -1.07. The van der Waals surface area contributed by atoms with Crippen LogP contribution in [0.5, 0.6) is 5.75 Å². The van der Waals surface area contributed by atoms with Gasteiger partial charge in [0.1, 0.15) is 15.6 Å². The van der Waals surface area contributed by atoms with Gasteiger partial charge in [-0.15, -0.1) is 0 Å². The monoisotopic (exact) mass is 313 g/mol. The summed E-state index contributed by atoms with van der Waals surface area (Å²) in [6, 6.07) is 6.38. The number of benzene rings is 1. The molecule has 1 unspecified atom stereocenters. The number of ether oxygens (including phenoxy) is 1. The third-order valence-corrected chi connectivity index (χ3v) is 4.28. The summed E-state index contributed by atoms with van der Waals surface area (Å²) in [6.07, 6.45) is 2.85. The van der Waals surface area contributed by atoms with E-state index in [1.54, 1.807) is 0 Å². The summed E-state index contributed by atoms with van der Waals surface area (Å²) in [5.41, 5.74) is 2.26. The first-order valence-corrected chi connectivity index (χ1v) is 9.54. The molecule has 0 saturated carbocycles. The molecular weight excluding hydrogens is 286 g/mol. The van der Waals surface area contributed by atoms with E-state index in [0.717, 1.165) is 29.8 Å². The minimum Gasteiger partial charge on any atom is -0.493 e. The highest BCUT2D eigenvalue weighted by Gasteiger charge is 2.11. The van der Waals surface area contributed by atoms with Gasteiger partial charge in [0.25, 0.3) is 0 Å². The van der Waals surface area contributed by atoms with E-state index >= 15 is 0 Å². The predicted octanol–water partition coefficient (Wildman–Crippen LogP) is 2.87. The molecule has 0 fully saturated rings. The minimum atomic E-state index is -2.92. The van der Waals surface area contributed by atoms with Crippen LogP contribution in [-0.4, -0.2) is 33.6 Å². The van der Waals surface area contributed by atoms with Crippen molar-refractivity contribution in [1.29, 1.82) is 0 Å². The van der Waals surface area contributed by atoms with Crippen molar-refractivity contribution in [3.63, 3.8) is 0 Å². The summed E-state index contributed by atoms with van der Waals surface area (Å²) >= 11 is 0. The Morgan fingerprint density at radius 2 is 2.05 bits per heavy atom. The predicted molar refractivity (Wildman–Crippen MR) is 87.7 cm³/mol. The molecule has 1 atom stereocenters. The molecule has 0 saturated heterocycles.